The van der Waals surface area contributed by atoms with Crippen LogP contribution in [0.2, 0.25) is 0 Å². The number of nitriles is 1. The molecule has 0 N–H and O–H groups in total. The highest BCUT2D eigenvalue weighted by molar-refractivity contribution is 14.1. The van der Waals surface area contributed by atoms with Gasteiger partial charge in [-0.3, -0.25) is 0 Å². The van der Waals surface area contributed by atoms with Gasteiger partial charge in [-0.2, -0.15) is 5.26 Å². The van der Waals surface area contributed by atoms with Gasteiger partial charge in [0.05, 0.1) is 15.2 Å². The zero-order valence-corrected chi connectivity index (χ0v) is 11.4. The number of ether oxygens (including phenoxy) is 1. The number of alkyl halides is 1. The second kappa shape index (κ2) is 4.23. The number of rotatable bonds is 0. The molecule has 0 unspecified atom stereocenters. The van der Waals surface area contributed by atoms with E-state index in [1.54, 1.807) is 27.5 Å². The Kier molecular flexibility index (Phi) is 2.81. The van der Waals surface area contributed by atoms with E-state index in [9.17, 15) is 8.78 Å². The van der Waals surface area contributed by atoms with Crippen LogP contribution in [0.25, 0.3) is 0 Å². The SMILES string of the molecule is N#Cc1cc2c(c(F)c1I)N1C[C@@H](F)C[C@H]1CO2. The summed E-state index contributed by atoms with van der Waals surface area (Å²) in [6, 6.07) is 3.36. The Bertz CT molecular complexity index is 558. The normalized spacial score (nSPS) is 25.1. The van der Waals surface area contributed by atoms with Gasteiger partial charge in [0.2, 0.25) is 0 Å². The lowest BCUT2D eigenvalue weighted by molar-refractivity contribution is 0.261. The Balaban J connectivity index is 2.15. The molecule has 6 heteroatoms. The van der Waals surface area contributed by atoms with E-state index in [1.165, 1.54) is 6.07 Å². The van der Waals surface area contributed by atoms with Crippen LogP contribution in [0.5, 0.6) is 5.75 Å². The first-order valence-electron chi connectivity index (χ1n) is 5.57. The molecule has 1 fully saturated rings. The number of nitrogens with zero attached hydrogens (tertiary/aromatic N) is 2. The van der Waals surface area contributed by atoms with Crippen molar-refractivity contribution in [1.82, 2.24) is 0 Å². The summed E-state index contributed by atoms with van der Waals surface area (Å²) in [7, 11) is 0. The number of hydrogen-bond acceptors (Lipinski definition) is 3. The van der Waals surface area contributed by atoms with E-state index in [4.69, 9.17) is 10.00 Å². The molecule has 1 saturated heterocycles. The molecule has 2 aliphatic rings. The fourth-order valence-electron chi connectivity index (χ4n) is 2.53. The minimum Gasteiger partial charge on any atom is -0.489 e. The highest BCUT2D eigenvalue weighted by Gasteiger charge is 2.39. The molecule has 0 saturated carbocycles. The van der Waals surface area contributed by atoms with Gasteiger partial charge in [-0.05, 0) is 22.6 Å². The number of fused-ring (bicyclic) bond motifs is 3. The molecule has 0 aliphatic carbocycles. The first-order chi connectivity index (χ1) is 8.61. The van der Waals surface area contributed by atoms with Gasteiger partial charge in [-0.1, -0.05) is 0 Å². The van der Waals surface area contributed by atoms with Crippen molar-refractivity contribution in [2.24, 2.45) is 0 Å². The van der Waals surface area contributed by atoms with Crippen LogP contribution in [0.4, 0.5) is 14.5 Å². The lowest BCUT2D eigenvalue weighted by Gasteiger charge is -2.33. The topological polar surface area (TPSA) is 36.3 Å². The number of anilines is 1. The van der Waals surface area contributed by atoms with Crippen molar-refractivity contribution >= 4 is 28.3 Å². The Morgan fingerprint density at radius 3 is 3.06 bits per heavy atom. The minimum absolute atomic E-state index is 0.106. The minimum atomic E-state index is -0.947. The maximum absolute atomic E-state index is 14.3. The predicted octanol–water partition coefficient (Wildman–Crippen LogP) is 2.61. The van der Waals surface area contributed by atoms with Gasteiger partial charge < -0.3 is 9.64 Å². The zero-order valence-electron chi connectivity index (χ0n) is 9.29. The van der Waals surface area contributed by atoms with Crippen LogP contribution >= 0.6 is 22.6 Å². The van der Waals surface area contributed by atoms with Crippen LogP contribution in [0.3, 0.4) is 0 Å². The third-order valence-electron chi connectivity index (χ3n) is 3.35. The Morgan fingerprint density at radius 1 is 1.56 bits per heavy atom. The first-order valence-corrected chi connectivity index (χ1v) is 6.65. The maximum atomic E-state index is 14.3. The van der Waals surface area contributed by atoms with E-state index in [0.717, 1.165) is 0 Å². The van der Waals surface area contributed by atoms with Gasteiger partial charge in [0.25, 0.3) is 0 Å². The Labute approximate surface area is 116 Å². The first kappa shape index (κ1) is 12.0. The van der Waals surface area contributed by atoms with E-state index in [0.29, 0.717) is 24.5 Å². The lowest BCUT2D eigenvalue weighted by atomic mass is 10.1. The Morgan fingerprint density at radius 2 is 2.33 bits per heavy atom. The van der Waals surface area contributed by atoms with Crippen LogP contribution in [0, 0.1) is 20.7 Å². The van der Waals surface area contributed by atoms with E-state index >= 15 is 0 Å². The fraction of sp³-hybridized carbons (Fsp3) is 0.417. The lowest BCUT2D eigenvalue weighted by Crippen LogP contribution is -2.39. The standard InChI is InChI=1S/C12H9F2IN2O/c13-7-2-8-5-18-9-1-6(3-16)11(15)10(14)12(9)17(8)4-7/h1,7-8H,2,4-5H2/t7-,8-/m0/s1. The van der Waals surface area contributed by atoms with Gasteiger partial charge in [0.1, 0.15) is 30.3 Å². The van der Waals surface area contributed by atoms with Gasteiger partial charge in [0, 0.05) is 19.0 Å². The van der Waals surface area contributed by atoms with Gasteiger partial charge in [-0.25, -0.2) is 8.78 Å². The molecule has 3 rings (SSSR count). The van der Waals surface area contributed by atoms with Gasteiger partial charge >= 0.3 is 0 Å². The van der Waals surface area contributed by atoms with Gasteiger partial charge in [0.15, 0.2) is 5.82 Å². The van der Waals surface area contributed by atoms with Crippen molar-refractivity contribution in [1.29, 1.82) is 5.26 Å². The third kappa shape index (κ3) is 1.64. The van der Waals surface area contributed by atoms with Crippen molar-refractivity contribution in [3.05, 3.63) is 21.0 Å². The van der Waals surface area contributed by atoms with Crippen LogP contribution in [-0.4, -0.2) is 25.4 Å². The van der Waals surface area contributed by atoms with Crippen LogP contribution in [-0.2, 0) is 0 Å². The second-order valence-electron chi connectivity index (χ2n) is 4.46. The highest BCUT2D eigenvalue weighted by Crippen LogP contribution is 2.42. The molecule has 0 aromatic heterocycles. The van der Waals surface area contributed by atoms with Crippen molar-refractivity contribution in [3.63, 3.8) is 0 Å². The molecule has 3 nitrogen and oxygen atoms in total. The molecule has 0 spiro atoms. The number of benzene rings is 1. The van der Waals surface area contributed by atoms with Crippen molar-refractivity contribution < 1.29 is 13.5 Å². The van der Waals surface area contributed by atoms with Crippen molar-refractivity contribution in [3.8, 4) is 11.8 Å². The zero-order chi connectivity index (χ0) is 12.9. The third-order valence-corrected chi connectivity index (χ3v) is 4.40. The van der Waals surface area contributed by atoms with E-state index < -0.39 is 12.0 Å². The summed E-state index contributed by atoms with van der Waals surface area (Å²) in [6.45, 7) is 0.540. The maximum Gasteiger partial charge on any atom is 0.164 e. The molecule has 2 aliphatic heterocycles. The number of hydrogen-bond donors (Lipinski definition) is 0. The average Bonchev–Trinajstić information content (AvgIpc) is 2.73. The molecule has 0 bridgehead atoms. The van der Waals surface area contributed by atoms with E-state index in [1.807, 2.05) is 6.07 Å². The van der Waals surface area contributed by atoms with Crippen molar-refractivity contribution in [2.75, 3.05) is 18.1 Å². The van der Waals surface area contributed by atoms with Crippen LogP contribution in [0.15, 0.2) is 6.07 Å². The second-order valence-corrected chi connectivity index (χ2v) is 5.54. The van der Waals surface area contributed by atoms with Crippen molar-refractivity contribution in [2.45, 2.75) is 18.6 Å². The molecule has 1 aromatic rings. The summed E-state index contributed by atoms with van der Waals surface area (Å²) < 4.78 is 33.4. The molecular weight excluding hydrogens is 353 g/mol. The summed E-state index contributed by atoms with van der Waals surface area (Å²) in [4.78, 5) is 1.72. The molecule has 0 radical (unpaired) electrons. The summed E-state index contributed by atoms with van der Waals surface area (Å²) in [5.41, 5.74) is 0.552. The molecule has 94 valence electrons. The van der Waals surface area contributed by atoms with E-state index in [-0.39, 0.29) is 21.7 Å². The molecule has 2 heterocycles. The molecular formula is C12H9F2IN2O. The molecule has 2 atom stereocenters. The summed E-state index contributed by atoms with van der Waals surface area (Å²) in [6.07, 6.45) is -0.576. The number of halogens is 3. The predicted molar refractivity (Wildman–Crippen MR) is 70.0 cm³/mol. The fourth-order valence-corrected chi connectivity index (χ4v) is 3.06. The summed E-state index contributed by atoms with van der Waals surface area (Å²) in [5.74, 6) is -0.140. The summed E-state index contributed by atoms with van der Waals surface area (Å²) in [5, 5.41) is 8.92. The van der Waals surface area contributed by atoms with Crippen LogP contribution in [0.1, 0.15) is 12.0 Å². The quantitative estimate of drug-likeness (QED) is 0.666. The largest absolute Gasteiger partial charge is 0.489 e. The highest BCUT2D eigenvalue weighted by atomic mass is 127. The Hall–Kier alpha value is -1.10. The van der Waals surface area contributed by atoms with Gasteiger partial charge in [-0.15, -0.1) is 0 Å². The van der Waals surface area contributed by atoms with Crippen LogP contribution < -0.4 is 9.64 Å². The monoisotopic (exact) mass is 362 g/mol. The average molecular weight is 362 g/mol. The van der Waals surface area contributed by atoms with E-state index in [2.05, 4.69) is 0 Å². The molecule has 18 heavy (non-hydrogen) atoms. The molecule has 1 aromatic carbocycles. The summed E-state index contributed by atoms with van der Waals surface area (Å²) >= 11 is 1.80. The smallest absolute Gasteiger partial charge is 0.164 e. The molecule has 0 amide bonds.